The van der Waals surface area contributed by atoms with Crippen LogP contribution in [-0.2, 0) is 15.1 Å². The van der Waals surface area contributed by atoms with Gasteiger partial charge in [0.1, 0.15) is 10.7 Å². The molecular formula is C31H32ClN5O3S. The van der Waals surface area contributed by atoms with Gasteiger partial charge in [0.2, 0.25) is 0 Å². The molecule has 0 amide bonds. The molecule has 0 bridgehead atoms. The lowest BCUT2D eigenvalue weighted by Crippen LogP contribution is -2.28. The summed E-state index contributed by atoms with van der Waals surface area (Å²) in [5, 5.41) is 16.1. The molecule has 8 nitrogen and oxygen atoms in total. The number of hydrogen-bond acceptors (Lipinski definition) is 7. The number of halogens is 1. The molecule has 0 aliphatic rings. The third-order valence-corrected chi connectivity index (χ3v) is 7.78. The lowest BCUT2D eigenvalue weighted by Gasteiger charge is -2.28. The highest BCUT2D eigenvalue weighted by Crippen LogP contribution is 2.44. The van der Waals surface area contributed by atoms with E-state index in [-0.39, 0.29) is 5.54 Å². The number of nitrogens with zero attached hydrogens (tertiary/aromatic N) is 5. The molecule has 0 aliphatic carbocycles. The average Bonchev–Trinajstić information content (AvgIpc) is 3.55. The fourth-order valence-electron chi connectivity index (χ4n) is 4.57. The number of carbonyl (C=O) groups is 1. The zero-order valence-corrected chi connectivity index (χ0v) is 25.6. The zero-order valence-electron chi connectivity index (χ0n) is 24.1. The normalized spacial score (nSPS) is 13.1. The number of carboxylic acid groups (broad SMARTS) is 1. The van der Waals surface area contributed by atoms with Crippen molar-refractivity contribution in [1.82, 2.24) is 24.7 Å². The zero-order chi connectivity index (χ0) is 29.7. The van der Waals surface area contributed by atoms with Gasteiger partial charge in [-0.1, -0.05) is 23.7 Å². The van der Waals surface area contributed by atoms with Crippen LogP contribution in [-0.4, -0.2) is 41.4 Å². The Morgan fingerprint density at radius 1 is 1.05 bits per heavy atom. The first-order valence-electron chi connectivity index (χ1n) is 13.2. The molecule has 0 radical (unpaired) electrons. The molecule has 41 heavy (non-hydrogen) atoms. The summed E-state index contributed by atoms with van der Waals surface area (Å²) >= 11 is 7.67. The van der Waals surface area contributed by atoms with Gasteiger partial charge in [0.15, 0.2) is 11.9 Å². The number of hydrogen-bond donors (Lipinski definition) is 1. The van der Waals surface area contributed by atoms with Gasteiger partial charge in [0.05, 0.1) is 33.1 Å². The van der Waals surface area contributed by atoms with Crippen LogP contribution in [0.5, 0.6) is 0 Å². The molecule has 0 saturated heterocycles. The van der Waals surface area contributed by atoms with Crippen molar-refractivity contribution in [2.24, 2.45) is 0 Å². The summed E-state index contributed by atoms with van der Waals surface area (Å²) in [4.78, 5) is 26.8. The smallest absolute Gasteiger partial charge is 0.337 e. The first-order chi connectivity index (χ1) is 19.2. The van der Waals surface area contributed by atoms with Crippen LogP contribution in [0.4, 0.5) is 0 Å². The van der Waals surface area contributed by atoms with Gasteiger partial charge in [0.25, 0.3) is 0 Å². The Labute approximate surface area is 248 Å². The van der Waals surface area contributed by atoms with Gasteiger partial charge in [-0.15, -0.1) is 11.3 Å². The van der Waals surface area contributed by atoms with Crippen LogP contribution in [0.3, 0.4) is 0 Å². The number of carboxylic acids is 1. The van der Waals surface area contributed by atoms with E-state index in [9.17, 15) is 9.90 Å². The Morgan fingerprint density at radius 2 is 1.76 bits per heavy atom. The second kappa shape index (κ2) is 10.6. The predicted octanol–water partition coefficient (Wildman–Crippen LogP) is 7.94. The highest BCUT2D eigenvalue weighted by molar-refractivity contribution is 7.22. The van der Waals surface area contributed by atoms with Gasteiger partial charge in [-0.25, -0.2) is 19.7 Å². The molecule has 3 heterocycles. The van der Waals surface area contributed by atoms with E-state index in [0.717, 1.165) is 32.5 Å². The summed E-state index contributed by atoms with van der Waals surface area (Å²) in [6.45, 7) is 13.7. The van der Waals surface area contributed by atoms with Crippen molar-refractivity contribution in [2.75, 3.05) is 0 Å². The molecule has 3 aromatic heterocycles. The molecule has 10 heteroatoms. The molecule has 1 N–H and O–H groups in total. The van der Waals surface area contributed by atoms with E-state index >= 15 is 0 Å². The van der Waals surface area contributed by atoms with E-state index < -0.39 is 17.7 Å². The van der Waals surface area contributed by atoms with E-state index in [4.69, 9.17) is 26.3 Å². The SMILES string of the molecule is Cc1cc2nc(-c3ccnc(-c4cnn(C(C)(C)C)c4)n3)sc2c(-c2ccc(Cl)cc2)c1[C@H](OC(C)(C)C)C(=O)O. The maximum absolute atomic E-state index is 12.6. The molecule has 5 aromatic rings. The number of aliphatic carboxylic acids is 1. The number of benzene rings is 2. The monoisotopic (exact) mass is 589 g/mol. The van der Waals surface area contributed by atoms with Crippen LogP contribution in [0.15, 0.2) is 55.0 Å². The van der Waals surface area contributed by atoms with Gasteiger partial charge in [-0.2, -0.15) is 5.10 Å². The molecule has 1 atom stereocenters. The molecule has 0 aliphatic heterocycles. The largest absolute Gasteiger partial charge is 0.479 e. The number of aryl methyl sites for hydroxylation is 1. The van der Waals surface area contributed by atoms with Gasteiger partial charge in [0, 0.05) is 28.5 Å². The minimum atomic E-state index is -1.18. The van der Waals surface area contributed by atoms with Crippen LogP contribution < -0.4 is 0 Å². The fraction of sp³-hybridized carbons (Fsp3) is 0.323. The van der Waals surface area contributed by atoms with Gasteiger partial charge in [-0.05, 0) is 83.9 Å². The topological polar surface area (TPSA) is 103 Å². The summed E-state index contributed by atoms with van der Waals surface area (Å²) in [5.74, 6) is -0.504. The first kappa shape index (κ1) is 28.9. The van der Waals surface area contributed by atoms with E-state index in [1.807, 2.05) is 62.8 Å². The van der Waals surface area contributed by atoms with Crippen LogP contribution in [0.2, 0.25) is 5.02 Å². The Morgan fingerprint density at radius 3 is 2.37 bits per heavy atom. The summed E-state index contributed by atoms with van der Waals surface area (Å²) in [7, 11) is 0. The number of rotatable bonds is 6. The van der Waals surface area contributed by atoms with Crippen molar-refractivity contribution in [3.8, 4) is 33.2 Å². The van der Waals surface area contributed by atoms with E-state index in [1.54, 1.807) is 24.5 Å². The maximum atomic E-state index is 12.6. The minimum absolute atomic E-state index is 0.166. The Kier molecular flexibility index (Phi) is 7.48. The number of fused-ring (bicyclic) bond motifs is 1. The summed E-state index contributed by atoms with van der Waals surface area (Å²) in [5.41, 5.74) is 4.34. The lowest BCUT2D eigenvalue weighted by molar-refractivity contribution is -0.160. The third kappa shape index (κ3) is 6.02. The highest BCUT2D eigenvalue weighted by Gasteiger charge is 2.32. The molecule has 2 aromatic carbocycles. The van der Waals surface area contributed by atoms with Gasteiger partial charge < -0.3 is 9.84 Å². The van der Waals surface area contributed by atoms with Crippen LogP contribution in [0, 0.1) is 6.92 Å². The molecular weight excluding hydrogens is 558 g/mol. The van der Waals surface area contributed by atoms with Gasteiger partial charge in [-0.3, -0.25) is 4.68 Å². The number of aromatic nitrogens is 5. The van der Waals surface area contributed by atoms with Crippen molar-refractivity contribution >= 4 is 39.1 Å². The Hall–Kier alpha value is -3.66. The van der Waals surface area contributed by atoms with Crippen molar-refractivity contribution in [3.05, 3.63) is 71.1 Å². The maximum Gasteiger partial charge on any atom is 0.337 e. The molecule has 212 valence electrons. The first-order valence-corrected chi connectivity index (χ1v) is 14.4. The van der Waals surface area contributed by atoms with Gasteiger partial charge >= 0.3 is 5.97 Å². The lowest BCUT2D eigenvalue weighted by atomic mass is 9.91. The van der Waals surface area contributed by atoms with Crippen LogP contribution >= 0.6 is 22.9 Å². The summed E-state index contributed by atoms with van der Waals surface area (Å²) in [6.07, 6.45) is 4.23. The van der Waals surface area contributed by atoms with E-state index in [1.165, 1.54) is 11.3 Å². The van der Waals surface area contributed by atoms with Crippen molar-refractivity contribution in [1.29, 1.82) is 0 Å². The quantitative estimate of drug-likeness (QED) is 0.214. The number of ether oxygens (including phenoxy) is 1. The van der Waals surface area contributed by atoms with E-state index in [2.05, 4.69) is 30.9 Å². The molecule has 0 fully saturated rings. The van der Waals surface area contributed by atoms with Crippen LogP contribution in [0.1, 0.15) is 58.8 Å². The molecule has 0 saturated carbocycles. The fourth-order valence-corrected chi connectivity index (χ4v) is 5.79. The molecule has 5 rings (SSSR count). The predicted molar refractivity (Wildman–Crippen MR) is 163 cm³/mol. The standard InChI is InChI=1S/C31H32ClN5O3S/c1-17-14-22-26(24(18-8-10-20(32)11-9-18)23(17)25(29(38)39)40-31(5,6)7)41-28(36-22)21-12-13-33-27(35-21)19-15-34-37(16-19)30(2,3)4/h8-16,25H,1-7H3,(H,38,39)/t25-/m0/s1. The van der Waals surface area contributed by atoms with E-state index in [0.29, 0.717) is 27.1 Å². The minimum Gasteiger partial charge on any atom is -0.479 e. The molecule has 0 unspecified atom stereocenters. The molecule has 0 spiro atoms. The van der Waals surface area contributed by atoms with Crippen molar-refractivity contribution < 1.29 is 14.6 Å². The van der Waals surface area contributed by atoms with Crippen molar-refractivity contribution in [3.63, 3.8) is 0 Å². The second-order valence-corrected chi connectivity index (χ2v) is 13.4. The number of thiazole rings is 1. The summed E-state index contributed by atoms with van der Waals surface area (Å²) in [6, 6.07) is 11.1. The third-order valence-electron chi connectivity index (χ3n) is 6.42. The second-order valence-electron chi connectivity index (χ2n) is 11.9. The average molecular weight is 590 g/mol. The Bertz CT molecular complexity index is 1750. The summed E-state index contributed by atoms with van der Waals surface area (Å²) < 4.78 is 8.84. The highest BCUT2D eigenvalue weighted by atomic mass is 35.5. The Balaban J connectivity index is 1.70. The van der Waals surface area contributed by atoms with Crippen molar-refractivity contribution in [2.45, 2.75) is 65.7 Å². The van der Waals surface area contributed by atoms with Crippen LogP contribution in [0.25, 0.3) is 43.4 Å².